The van der Waals surface area contributed by atoms with Gasteiger partial charge in [-0.15, -0.1) is 0 Å². The van der Waals surface area contributed by atoms with E-state index in [2.05, 4.69) is 39.8 Å². The van der Waals surface area contributed by atoms with Crippen molar-refractivity contribution < 1.29 is 22.6 Å². The van der Waals surface area contributed by atoms with Gasteiger partial charge in [0.25, 0.3) is 0 Å². The SMILES string of the molecule is CC(C)NCc1ccc(OCCOCC(F)(F)F)c(Br)c1. The molecule has 7 heteroatoms. The van der Waals surface area contributed by atoms with Crippen LogP contribution in [0, 0.1) is 0 Å². The Balaban J connectivity index is 2.35. The second-order valence-electron chi connectivity index (χ2n) is 4.82. The molecule has 0 spiro atoms. The third-order valence-corrected chi connectivity index (χ3v) is 3.08. The highest BCUT2D eigenvalue weighted by Crippen LogP contribution is 2.26. The van der Waals surface area contributed by atoms with E-state index in [-0.39, 0.29) is 13.2 Å². The lowest BCUT2D eigenvalue weighted by atomic mass is 10.2. The molecular formula is C14H19BrF3NO2. The van der Waals surface area contributed by atoms with Crippen LogP contribution in [0.25, 0.3) is 0 Å². The summed E-state index contributed by atoms with van der Waals surface area (Å²) < 4.78 is 46.2. The molecule has 120 valence electrons. The zero-order chi connectivity index (χ0) is 15.9. The topological polar surface area (TPSA) is 30.5 Å². The Bertz CT molecular complexity index is 439. The van der Waals surface area contributed by atoms with Crippen molar-refractivity contribution in [3.63, 3.8) is 0 Å². The maximum atomic E-state index is 11.9. The third-order valence-electron chi connectivity index (χ3n) is 2.46. The second-order valence-corrected chi connectivity index (χ2v) is 5.67. The average molecular weight is 370 g/mol. The van der Waals surface area contributed by atoms with Gasteiger partial charge in [0.15, 0.2) is 0 Å². The van der Waals surface area contributed by atoms with Gasteiger partial charge in [0.05, 0.1) is 11.1 Å². The predicted molar refractivity (Wildman–Crippen MR) is 78.5 cm³/mol. The summed E-state index contributed by atoms with van der Waals surface area (Å²) in [5.41, 5.74) is 1.09. The molecule has 1 aromatic carbocycles. The summed E-state index contributed by atoms with van der Waals surface area (Å²) in [6, 6.07) is 6.00. The first-order valence-corrected chi connectivity index (χ1v) is 7.36. The lowest BCUT2D eigenvalue weighted by Gasteiger charge is -2.12. The third kappa shape index (κ3) is 8.28. The Morgan fingerprint density at radius 2 is 1.95 bits per heavy atom. The zero-order valence-electron chi connectivity index (χ0n) is 12.0. The summed E-state index contributed by atoms with van der Waals surface area (Å²) in [7, 11) is 0. The molecule has 21 heavy (non-hydrogen) atoms. The second kappa shape index (κ2) is 8.60. The maximum absolute atomic E-state index is 11.9. The lowest BCUT2D eigenvalue weighted by molar-refractivity contribution is -0.175. The fraction of sp³-hybridized carbons (Fsp3) is 0.571. The van der Waals surface area contributed by atoms with Crippen LogP contribution in [0.5, 0.6) is 5.75 Å². The molecule has 0 bridgehead atoms. The summed E-state index contributed by atoms with van der Waals surface area (Å²) in [5.74, 6) is 0.582. The Labute approximate surface area is 130 Å². The smallest absolute Gasteiger partial charge is 0.411 e. The van der Waals surface area contributed by atoms with Crippen molar-refractivity contribution in [1.82, 2.24) is 5.32 Å². The van der Waals surface area contributed by atoms with E-state index < -0.39 is 12.8 Å². The van der Waals surface area contributed by atoms with E-state index in [9.17, 15) is 13.2 Å². The summed E-state index contributed by atoms with van der Waals surface area (Å²) in [4.78, 5) is 0. The van der Waals surface area contributed by atoms with Gasteiger partial charge in [-0.05, 0) is 33.6 Å². The molecule has 0 unspecified atom stereocenters. The minimum atomic E-state index is -4.30. The molecule has 1 aromatic rings. The van der Waals surface area contributed by atoms with Crippen molar-refractivity contribution in [1.29, 1.82) is 0 Å². The van der Waals surface area contributed by atoms with Crippen molar-refractivity contribution in [3.05, 3.63) is 28.2 Å². The van der Waals surface area contributed by atoms with Crippen LogP contribution in [0.3, 0.4) is 0 Å². The van der Waals surface area contributed by atoms with Gasteiger partial charge >= 0.3 is 6.18 Å². The fourth-order valence-electron chi connectivity index (χ4n) is 1.49. The first-order valence-electron chi connectivity index (χ1n) is 6.57. The molecule has 1 rings (SSSR count). The minimum Gasteiger partial charge on any atom is -0.490 e. The lowest BCUT2D eigenvalue weighted by Crippen LogP contribution is -2.21. The van der Waals surface area contributed by atoms with Crippen molar-refractivity contribution in [2.24, 2.45) is 0 Å². The van der Waals surface area contributed by atoms with Crippen LogP contribution in [0.1, 0.15) is 19.4 Å². The van der Waals surface area contributed by atoms with Crippen LogP contribution < -0.4 is 10.1 Å². The molecule has 3 nitrogen and oxygen atoms in total. The molecule has 0 fully saturated rings. The van der Waals surface area contributed by atoms with E-state index in [1.165, 1.54) is 0 Å². The molecule has 0 aliphatic heterocycles. The molecule has 0 aliphatic carbocycles. The number of halogens is 4. The molecular weight excluding hydrogens is 351 g/mol. The predicted octanol–water partition coefficient (Wildman–Crippen LogP) is 3.90. The molecule has 0 aromatic heterocycles. The van der Waals surface area contributed by atoms with Crippen LogP contribution in [0.2, 0.25) is 0 Å². The van der Waals surface area contributed by atoms with E-state index in [4.69, 9.17) is 4.74 Å². The molecule has 0 saturated heterocycles. The average Bonchev–Trinajstić information content (AvgIpc) is 2.36. The van der Waals surface area contributed by atoms with Gasteiger partial charge in [0.1, 0.15) is 19.0 Å². The standard InChI is InChI=1S/C14H19BrF3NO2/c1-10(2)19-8-11-3-4-13(12(15)7-11)21-6-5-20-9-14(16,17)18/h3-4,7,10,19H,5-6,8-9H2,1-2H3. The Kier molecular flexibility index (Phi) is 7.48. The minimum absolute atomic E-state index is 0.0677. The molecule has 0 heterocycles. The van der Waals surface area contributed by atoms with Gasteiger partial charge in [0, 0.05) is 12.6 Å². The van der Waals surface area contributed by atoms with Crippen LogP contribution in [0.4, 0.5) is 13.2 Å². The van der Waals surface area contributed by atoms with Crippen LogP contribution in [-0.4, -0.2) is 32.0 Å². The number of hydrogen-bond donors (Lipinski definition) is 1. The molecule has 0 saturated carbocycles. The van der Waals surface area contributed by atoms with Gasteiger partial charge < -0.3 is 14.8 Å². The summed E-state index contributed by atoms with van der Waals surface area (Å²) in [5, 5.41) is 3.29. The van der Waals surface area contributed by atoms with E-state index in [1.54, 1.807) is 6.07 Å². The number of hydrogen-bond acceptors (Lipinski definition) is 3. The number of rotatable bonds is 8. The van der Waals surface area contributed by atoms with E-state index in [0.29, 0.717) is 11.8 Å². The summed E-state index contributed by atoms with van der Waals surface area (Å²) in [6.07, 6.45) is -4.30. The van der Waals surface area contributed by atoms with Gasteiger partial charge in [-0.2, -0.15) is 13.2 Å². The zero-order valence-corrected chi connectivity index (χ0v) is 13.6. The first kappa shape index (κ1) is 18.3. The Morgan fingerprint density at radius 3 is 2.52 bits per heavy atom. The number of benzene rings is 1. The molecule has 0 amide bonds. The molecule has 0 atom stereocenters. The normalized spacial score (nSPS) is 12.0. The maximum Gasteiger partial charge on any atom is 0.411 e. The van der Waals surface area contributed by atoms with Crippen molar-refractivity contribution in [2.75, 3.05) is 19.8 Å². The Hall–Kier alpha value is -0.790. The fourth-order valence-corrected chi connectivity index (χ4v) is 2.03. The number of ether oxygens (including phenoxy) is 2. The number of nitrogens with one attached hydrogen (secondary N) is 1. The number of alkyl halides is 3. The van der Waals surface area contributed by atoms with Gasteiger partial charge in [-0.1, -0.05) is 19.9 Å². The van der Waals surface area contributed by atoms with Crippen molar-refractivity contribution >= 4 is 15.9 Å². The largest absolute Gasteiger partial charge is 0.490 e. The van der Waals surface area contributed by atoms with Crippen molar-refractivity contribution in [2.45, 2.75) is 32.6 Å². The van der Waals surface area contributed by atoms with Crippen LogP contribution in [0.15, 0.2) is 22.7 Å². The summed E-state index contributed by atoms with van der Waals surface area (Å²) in [6.45, 7) is 3.57. The van der Waals surface area contributed by atoms with Gasteiger partial charge in [-0.3, -0.25) is 0 Å². The summed E-state index contributed by atoms with van der Waals surface area (Å²) >= 11 is 3.38. The van der Waals surface area contributed by atoms with Crippen LogP contribution in [-0.2, 0) is 11.3 Å². The molecule has 1 N–H and O–H groups in total. The van der Waals surface area contributed by atoms with Gasteiger partial charge in [0.2, 0.25) is 0 Å². The van der Waals surface area contributed by atoms with E-state index in [1.807, 2.05) is 12.1 Å². The highest BCUT2D eigenvalue weighted by Gasteiger charge is 2.27. The van der Waals surface area contributed by atoms with Gasteiger partial charge in [-0.25, -0.2) is 0 Å². The quantitative estimate of drug-likeness (QED) is 0.704. The van der Waals surface area contributed by atoms with Crippen LogP contribution >= 0.6 is 15.9 Å². The molecule has 0 aliphatic rings. The molecule has 0 radical (unpaired) electrons. The van der Waals surface area contributed by atoms with E-state index in [0.717, 1.165) is 16.6 Å². The first-order chi connectivity index (χ1) is 9.78. The monoisotopic (exact) mass is 369 g/mol. The highest BCUT2D eigenvalue weighted by molar-refractivity contribution is 9.10. The van der Waals surface area contributed by atoms with Crippen molar-refractivity contribution in [3.8, 4) is 5.75 Å². The Morgan fingerprint density at radius 1 is 1.24 bits per heavy atom. The van der Waals surface area contributed by atoms with E-state index >= 15 is 0 Å². The highest BCUT2D eigenvalue weighted by atomic mass is 79.9.